The predicted molar refractivity (Wildman–Crippen MR) is 104 cm³/mol. The van der Waals surface area contributed by atoms with E-state index in [1.807, 2.05) is 12.1 Å². The molecule has 2 heterocycles. The number of fused-ring (bicyclic) bond motifs is 1. The van der Waals surface area contributed by atoms with Gasteiger partial charge in [-0.1, -0.05) is 29.5 Å². The number of carbonyl (C=O) groups is 2. The molecule has 7 nitrogen and oxygen atoms in total. The summed E-state index contributed by atoms with van der Waals surface area (Å²) in [5.41, 5.74) is 2.06. The first kappa shape index (κ1) is 16.8. The normalized spacial score (nSPS) is 10.5. The monoisotopic (exact) mass is 375 g/mol. The highest BCUT2D eigenvalue weighted by atomic mass is 32.1. The molecule has 0 saturated heterocycles. The van der Waals surface area contributed by atoms with Crippen molar-refractivity contribution in [2.45, 2.75) is 0 Å². The van der Waals surface area contributed by atoms with Crippen LogP contribution in [-0.2, 0) is 0 Å². The Balaban J connectivity index is 1.52. The van der Waals surface area contributed by atoms with E-state index in [9.17, 15) is 9.59 Å². The number of carbonyl (C=O) groups excluding carboxylic acids is 2. The first-order valence-corrected chi connectivity index (χ1v) is 8.85. The molecule has 0 aliphatic rings. The van der Waals surface area contributed by atoms with Gasteiger partial charge in [-0.2, -0.15) is 0 Å². The van der Waals surface area contributed by atoms with Crippen molar-refractivity contribution in [3.05, 3.63) is 78.4 Å². The number of thiazole rings is 1. The number of hydrogen-bond donors (Lipinski definition) is 2. The lowest BCUT2D eigenvalue weighted by Crippen LogP contribution is -2.13. The quantitative estimate of drug-likeness (QED) is 0.568. The molecule has 27 heavy (non-hydrogen) atoms. The van der Waals surface area contributed by atoms with Crippen molar-refractivity contribution in [2.75, 3.05) is 10.6 Å². The molecule has 2 aromatic carbocycles. The third-order valence-corrected chi connectivity index (χ3v) is 4.65. The number of aromatic nitrogens is 3. The minimum absolute atomic E-state index is 0.217. The maximum Gasteiger partial charge on any atom is 0.275 e. The highest BCUT2D eigenvalue weighted by Gasteiger charge is 2.12. The topological polar surface area (TPSA) is 96.9 Å². The van der Waals surface area contributed by atoms with Crippen molar-refractivity contribution in [1.29, 1.82) is 0 Å². The van der Waals surface area contributed by atoms with Gasteiger partial charge in [0.25, 0.3) is 11.8 Å². The number of hydrogen-bond acceptors (Lipinski definition) is 6. The van der Waals surface area contributed by atoms with Crippen LogP contribution < -0.4 is 10.6 Å². The van der Waals surface area contributed by atoms with E-state index in [1.165, 1.54) is 29.9 Å². The standard InChI is InChI=1S/C19H13N5O2S/c25-17(12-4-2-1-3-5-12)24-19-23-14-10-13(6-7-16(14)27-19)22-18(26)15-11-20-8-9-21-15/h1-11H,(H,22,26)(H,23,24,25). The Hall–Kier alpha value is -3.65. The van der Waals surface area contributed by atoms with Crippen LogP contribution in [0.25, 0.3) is 10.2 Å². The molecule has 0 saturated carbocycles. The van der Waals surface area contributed by atoms with Crippen LogP contribution in [0.2, 0.25) is 0 Å². The summed E-state index contributed by atoms with van der Waals surface area (Å²) in [7, 11) is 0. The highest BCUT2D eigenvalue weighted by Crippen LogP contribution is 2.28. The summed E-state index contributed by atoms with van der Waals surface area (Å²) in [6.07, 6.45) is 4.36. The first-order chi connectivity index (χ1) is 13.2. The summed E-state index contributed by atoms with van der Waals surface area (Å²) in [5.74, 6) is -0.568. The van der Waals surface area contributed by atoms with E-state index in [-0.39, 0.29) is 17.5 Å². The van der Waals surface area contributed by atoms with Gasteiger partial charge in [-0.25, -0.2) is 9.97 Å². The molecule has 0 aliphatic heterocycles. The number of rotatable bonds is 4. The van der Waals surface area contributed by atoms with Crippen LogP contribution in [0.15, 0.2) is 67.1 Å². The first-order valence-electron chi connectivity index (χ1n) is 8.03. The molecule has 0 radical (unpaired) electrons. The number of nitrogens with one attached hydrogen (secondary N) is 2. The Morgan fingerprint density at radius 2 is 1.78 bits per heavy atom. The van der Waals surface area contributed by atoms with Gasteiger partial charge in [0.15, 0.2) is 5.13 Å². The fraction of sp³-hybridized carbons (Fsp3) is 0. The second-order valence-corrected chi connectivity index (χ2v) is 6.60. The molecule has 132 valence electrons. The lowest BCUT2D eigenvalue weighted by atomic mass is 10.2. The largest absolute Gasteiger partial charge is 0.321 e. The van der Waals surface area contributed by atoms with Gasteiger partial charge in [-0.15, -0.1) is 0 Å². The summed E-state index contributed by atoms with van der Waals surface area (Å²) < 4.78 is 0.899. The van der Waals surface area contributed by atoms with Crippen molar-refractivity contribution >= 4 is 44.2 Å². The number of benzene rings is 2. The van der Waals surface area contributed by atoms with Crippen LogP contribution in [0.4, 0.5) is 10.8 Å². The van der Waals surface area contributed by atoms with E-state index in [0.717, 1.165) is 4.70 Å². The molecule has 0 fully saturated rings. The summed E-state index contributed by atoms with van der Waals surface area (Å²) in [4.78, 5) is 36.7. The minimum Gasteiger partial charge on any atom is -0.321 e. The predicted octanol–water partition coefficient (Wildman–Crippen LogP) is 3.59. The molecule has 4 aromatic rings. The zero-order valence-electron chi connectivity index (χ0n) is 13.9. The van der Waals surface area contributed by atoms with Gasteiger partial charge >= 0.3 is 0 Å². The van der Waals surface area contributed by atoms with E-state index >= 15 is 0 Å². The van der Waals surface area contributed by atoms with Crippen molar-refractivity contribution in [1.82, 2.24) is 15.0 Å². The van der Waals surface area contributed by atoms with E-state index < -0.39 is 0 Å². The molecule has 2 N–H and O–H groups in total. The molecular formula is C19H13N5O2S. The third kappa shape index (κ3) is 3.80. The Morgan fingerprint density at radius 3 is 2.56 bits per heavy atom. The maximum absolute atomic E-state index is 12.2. The SMILES string of the molecule is O=C(Nc1nc2cc(NC(=O)c3cnccn3)ccc2s1)c1ccccc1. The van der Waals surface area contributed by atoms with Gasteiger partial charge < -0.3 is 5.32 Å². The fourth-order valence-electron chi connectivity index (χ4n) is 2.43. The van der Waals surface area contributed by atoms with Crippen molar-refractivity contribution in [3.63, 3.8) is 0 Å². The van der Waals surface area contributed by atoms with Gasteiger partial charge in [0.2, 0.25) is 0 Å². The Kier molecular flexibility index (Phi) is 4.54. The van der Waals surface area contributed by atoms with Crippen LogP contribution in [0, 0.1) is 0 Å². The van der Waals surface area contributed by atoms with Crippen LogP contribution in [-0.4, -0.2) is 26.8 Å². The van der Waals surface area contributed by atoms with Gasteiger partial charge in [-0.05, 0) is 30.3 Å². The average Bonchev–Trinajstić information content (AvgIpc) is 3.10. The second kappa shape index (κ2) is 7.30. The van der Waals surface area contributed by atoms with Crippen LogP contribution in [0.3, 0.4) is 0 Å². The van der Waals surface area contributed by atoms with E-state index in [2.05, 4.69) is 25.6 Å². The average molecular weight is 375 g/mol. The zero-order valence-corrected chi connectivity index (χ0v) is 14.7. The van der Waals surface area contributed by atoms with E-state index in [1.54, 1.807) is 36.4 Å². The molecular weight excluding hydrogens is 362 g/mol. The lowest BCUT2D eigenvalue weighted by molar-refractivity contribution is 0.101. The smallest absolute Gasteiger partial charge is 0.275 e. The molecule has 0 unspecified atom stereocenters. The summed E-state index contributed by atoms with van der Waals surface area (Å²) >= 11 is 1.37. The molecule has 2 amide bonds. The number of nitrogens with zero attached hydrogens (tertiary/aromatic N) is 3. The summed E-state index contributed by atoms with van der Waals surface area (Å²) in [5, 5.41) is 6.06. The van der Waals surface area contributed by atoms with Crippen molar-refractivity contribution in [3.8, 4) is 0 Å². The van der Waals surface area contributed by atoms with Crippen molar-refractivity contribution in [2.24, 2.45) is 0 Å². The molecule has 0 atom stereocenters. The molecule has 8 heteroatoms. The Bertz CT molecular complexity index is 1060. The molecule has 0 aliphatic carbocycles. The maximum atomic E-state index is 12.2. The van der Waals surface area contributed by atoms with Gasteiger partial charge in [0.05, 0.1) is 16.4 Å². The van der Waals surface area contributed by atoms with E-state index in [4.69, 9.17) is 0 Å². The van der Waals surface area contributed by atoms with Crippen LogP contribution in [0.5, 0.6) is 0 Å². The summed E-state index contributed by atoms with van der Waals surface area (Å²) in [6.45, 7) is 0. The van der Waals surface area contributed by atoms with Gasteiger partial charge in [0, 0.05) is 23.6 Å². The minimum atomic E-state index is -0.352. The van der Waals surface area contributed by atoms with Crippen molar-refractivity contribution < 1.29 is 9.59 Å². The molecule has 4 rings (SSSR count). The van der Waals surface area contributed by atoms with Gasteiger partial charge in [-0.3, -0.25) is 19.9 Å². The Labute approximate surface area is 158 Å². The van der Waals surface area contributed by atoms with E-state index in [0.29, 0.717) is 21.9 Å². The van der Waals surface area contributed by atoms with Crippen LogP contribution in [0.1, 0.15) is 20.8 Å². The fourth-order valence-corrected chi connectivity index (χ4v) is 3.27. The third-order valence-electron chi connectivity index (χ3n) is 3.70. The Morgan fingerprint density at radius 1 is 0.926 bits per heavy atom. The number of amides is 2. The van der Waals surface area contributed by atoms with Gasteiger partial charge in [0.1, 0.15) is 5.69 Å². The molecule has 2 aromatic heterocycles. The zero-order chi connectivity index (χ0) is 18.6. The molecule has 0 bridgehead atoms. The second-order valence-electron chi connectivity index (χ2n) is 5.57. The summed E-state index contributed by atoms with van der Waals surface area (Å²) in [6, 6.07) is 14.3. The highest BCUT2D eigenvalue weighted by molar-refractivity contribution is 7.22. The molecule has 0 spiro atoms. The number of anilines is 2. The lowest BCUT2D eigenvalue weighted by Gasteiger charge is -2.03. The van der Waals surface area contributed by atoms with Crippen LogP contribution >= 0.6 is 11.3 Å².